The summed E-state index contributed by atoms with van der Waals surface area (Å²) >= 11 is 3.69. The van der Waals surface area contributed by atoms with Crippen LogP contribution < -0.4 is 0 Å². The van der Waals surface area contributed by atoms with E-state index < -0.39 is 0 Å². The first-order valence-corrected chi connectivity index (χ1v) is 10.4. The summed E-state index contributed by atoms with van der Waals surface area (Å²) < 4.78 is 0. The van der Waals surface area contributed by atoms with E-state index in [-0.39, 0.29) is 5.41 Å². The first-order valence-electron chi connectivity index (χ1n) is 9.51. The maximum atomic E-state index is 3.69. The quantitative estimate of drug-likeness (QED) is 0.468. The van der Waals surface area contributed by atoms with Crippen molar-refractivity contribution < 1.29 is 0 Å². The van der Waals surface area contributed by atoms with E-state index in [9.17, 15) is 0 Å². The van der Waals surface area contributed by atoms with Crippen LogP contribution in [0.4, 0.5) is 0 Å². The Bertz CT molecular complexity index is 1030. The van der Waals surface area contributed by atoms with Gasteiger partial charge in [0.2, 0.25) is 0 Å². The second-order valence-electron chi connectivity index (χ2n) is 7.49. The van der Waals surface area contributed by atoms with Crippen LogP contribution in [0.25, 0.3) is 11.6 Å². The highest BCUT2D eigenvalue weighted by Gasteiger charge is 2.44. The molecular formula is C26H21Br. The van der Waals surface area contributed by atoms with E-state index in [1.165, 1.54) is 33.4 Å². The zero-order valence-corrected chi connectivity index (χ0v) is 16.9. The molecule has 2 atom stereocenters. The van der Waals surface area contributed by atoms with Crippen LogP contribution in [0.1, 0.15) is 34.0 Å². The van der Waals surface area contributed by atoms with E-state index in [0.29, 0.717) is 10.7 Å². The Kier molecular flexibility index (Phi) is 3.94. The number of allylic oxidation sites excluding steroid dienone is 9. The van der Waals surface area contributed by atoms with E-state index in [1.54, 1.807) is 0 Å². The molecule has 0 N–H and O–H groups in total. The second-order valence-corrected chi connectivity index (χ2v) is 8.86. The van der Waals surface area contributed by atoms with Crippen molar-refractivity contribution in [3.8, 4) is 0 Å². The summed E-state index contributed by atoms with van der Waals surface area (Å²) in [4.78, 5) is 0.362. The van der Waals surface area contributed by atoms with Gasteiger partial charge in [-0.1, -0.05) is 107 Å². The lowest BCUT2D eigenvalue weighted by Crippen LogP contribution is -2.34. The van der Waals surface area contributed by atoms with Gasteiger partial charge in [-0.05, 0) is 46.4 Å². The predicted octanol–water partition coefficient (Wildman–Crippen LogP) is 7.17. The summed E-state index contributed by atoms with van der Waals surface area (Å²) in [6.07, 6.45) is 18.3. The summed E-state index contributed by atoms with van der Waals surface area (Å²) in [5, 5.41) is 0. The molecule has 0 saturated heterocycles. The molecule has 27 heavy (non-hydrogen) atoms. The fourth-order valence-electron chi connectivity index (χ4n) is 4.65. The average Bonchev–Trinajstić information content (AvgIpc) is 3.36. The van der Waals surface area contributed by atoms with Crippen LogP contribution in [0.3, 0.4) is 0 Å². The molecule has 2 aromatic carbocycles. The van der Waals surface area contributed by atoms with E-state index in [2.05, 4.69) is 120 Å². The molecule has 0 saturated carbocycles. The normalized spacial score (nSPS) is 23.8. The van der Waals surface area contributed by atoms with Gasteiger partial charge in [-0.3, -0.25) is 0 Å². The van der Waals surface area contributed by atoms with Crippen LogP contribution in [0.5, 0.6) is 0 Å². The van der Waals surface area contributed by atoms with Crippen LogP contribution in [0, 0.1) is 5.92 Å². The molecule has 2 aromatic rings. The van der Waals surface area contributed by atoms with Crippen molar-refractivity contribution in [1.29, 1.82) is 0 Å². The summed E-state index contributed by atoms with van der Waals surface area (Å²) in [6.45, 7) is 2.17. The predicted molar refractivity (Wildman–Crippen MR) is 119 cm³/mol. The number of rotatable bonds is 3. The Morgan fingerprint density at radius 3 is 2.41 bits per heavy atom. The van der Waals surface area contributed by atoms with Gasteiger partial charge in [-0.15, -0.1) is 0 Å². The van der Waals surface area contributed by atoms with Gasteiger partial charge in [0.25, 0.3) is 0 Å². The summed E-state index contributed by atoms with van der Waals surface area (Å²) in [6, 6.07) is 17.9. The van der Waals surface area contributed by atoms with Gasteiger partial charge >= 0.3 is 0 Å². The van der Waals surface area contributed by atoms with Gasteiger partial charge in [-0.2, -0.15) is 0 Å². The molecule has 0 amide bonds. The highest BCUT2D eigenvalue weighted by atomic mass is 79.9. The van der Waals surface area contributed by atoms with E-state index in [1.807, 2.05) is 0 Å². The van der Waals surface area contributed by atoms with E-state index in [0.717, 1.165) is 0 Å². The van der Waals surface area contributed by atoms with E-state index >= 15 is 0 Å². The SMILES string of the molecule is CC(Br)c1ccc(C2(C3C=CC=C3)C=CC=C3C2=Cc2ccccc23)cc1. The maximum Gasteiger partial charge on any atom is 0.0488 e. The third-order valence-electron chi connectivity index (χ3n) is 6.03. The number of fused-ring (bicyclic) bond motifs is 3. The molecule has 0 spiro atoms. The van der Waals surface area contributed by atoms with Crippen molar-refractivity contribution in [3.05, 3.63) is 119 Å². The van der Waals surface area contributed by atoms with Crippen molar-refractivity contribution in [3.63, 3.8) is 0 Å². The molecule has 0 aliphatic heterocycles. The summed E-state index contributed by atoms with van der Waals surface area (Å²) in [5.41, 5.74) is 7.93. The maximum absolute atomic E-state index is 3.69. The third-order valence-corrected chi connectivity index (χ3v) is 6.56. The molecule has 0 radical (unpaired) electrons. The minimum atomic E-state index is -0.166. The van der Waals surface area contributed by atoms with Gasteiger partial charge in [-0.25, -0.2) is 0 Å². The Morgan fingerprint density at radius 2 is 1.67 bits per heavy atom. The van der Waals surface area contributed by atoms with Gasteiger partial charge < -0.3 is 0 Å². The van der Waals surface area contributed by atoms with Crippen molar-refractivity contribution in [1.82, 2.24) is 0 Å². The molecule has 1 heteroatoms. The van der Waals surface area contributed by atoms with E-state index in [4.69, 9.17) is 0 Å². The monoisotopic (exact) mass is 412 g/mol. The summed E-state index contributed by atoms with van der Waals surface area (Å²) in [7, 11) is 0. The first kappa shape index (κ1) is 16.8. The zero-order chi connectivity index (χ0) is 18.4. The van der Waals surface area contributed by atoms with Crippen molar-refractivity contribution in [2.45, 2.75) is 17.2 Å². The lowest BCUT2D eigenvalue weighted by Gasteiger charge is -2.40. The fourth-order valence-corrected chi connectivity index (χ4v) is 4.95. The molecule has 0 fully saturated rings. The standard InChI is InChI=1S/C26H21Br/c1-18(27)19-12-14-22(15-13-19)26(21-8-3-4-9-21)16-6-11-24-23-10-5-2-7-20(23)17-25(24)26/h2-18,21H,1H3. The number of benzene rings is 2. The molecule has 132 valence electrons. The van der Waals surface area contributed by atoms with Crippen LogP contribution in [0.15, 0.2) is 96.6 Å². The molecule has 3 aliphatic carbocycles. The van der Waals surface area contributed by atoms with Gasteiger partial charge in [0, 0.05) is 16.2 Å². The minimum absolute atomic E-state index is 0.166. The number of hydrogen-bond acceptors (Lipinski definition) is 0. The lowest BCUT2D eigenvalue weighted by atomic mass is 9.62. The molecule has 5 rings (SSSR count). The largest absolute Gasteiger partial charge is 0.0842 e. The Morgan fingerprint density at radius 1 is 0.926 bits per heavy atom. The fraction of sp³-hybridized carbons (Fsp3) is 0.154. The molecule has 3 aliphatic rings. The Labute approximate surface area is 169 Å². The third kappa shape index (κ3) is 2.49. The minimum Gasteiger partial charge on any atom is -0.0842 e. The number of halogens is 1. The number of alkyl halides is 1. The van der Waals surface area contributed by atoms with Crippen molar-refractivity contribution >= 4 is 27.6 Å². The van der Waals surface area contributed by atoms with Gasteiger partial charge in [0.1, 0.15) is 0 Å². The van der Waals surface area contributed by atoms with Gasteiger partial charge in [0.05, 0.1) is 0 Å². The van der Waals surface area contributed by atoms with Crippen LogP contribution in [-0.4, -0.2) is 0 Å². The first-order chi connectivity index (χ1) is 13.2. The zero-order valence-electron chi connectivity index (χ0n) is 15.3. The molecule has 0 bridgehead atoms. The van der Waals surface area contributed by atoms with Crippen molar-refractivity contribution in [2.24, 2.45) is 5.92 Å². The topological polar surface area (TPSA) is 0 Å². The van der Waals surface area contributed by atoms with Crippen LogP contribution in [0.2, 0.25) is 0 Å². The Hall–Kier alpha value is -2.38. The van der Waals surface area contributed by atoms with Gasteiger partial charge in [0.15, 0.2) is 0 Å². The lowest BCUT2D eigenvalue weighted by molar-refractivity contribution is 0.551. The molecular weight excluding hydrogens is 392 g/mol. The molecule has 0 heterocycles. The number of hydrogen-bond donors (Lipinski definition) is 0. The highest BCUT2D eigenvalue weighted by Crippen LogP contribution is 2.54. The second kappa shape index (κ2) is 6.35. The van der Waals surface area contributed by atoms with Crippen molar-refractivity contribution in [2.75, 3.05) is 0 Å². The Balaban J connectivity index is 1.71. The molecule has 2 unspecified atom stereocenters. The van der Waals surface area contributed by atoms with Crippen LogP contribution in [-0.2, 0) is 5.41 Å². The average molecular weight is 413 g/mol. The highest BCUT2D eigenvalue weighted by molar-refractivity contribution is 9.09. The van der Waals surface area contributed by atoms with Crippen LogP contribution >= 0.6 is 15.9 Å². The summed E-state index contributed by atoms with van der Waals surface area (Å²) in [5.74, 6) is 0.324. The smallest absolute Gasteiger partial charge is 0.0488 e. The molecule has 0 aromatic heterocycles. The molecule has 0 nitrogen and oxygen atoms in total.